The molecule has 17 heavy (non-hydrogen) atoms. The zero-order valence-electron chi connectivity index (χ0n) is 10.1. The van der Waals surface area contributed by atoms with E-state index < -0.39 is 0 Å². The van der Waals surface area contributed by atoms with Crippen LogP contribution in [0.4, 0.5) is 0 Å². The maximum Gasteiger partial charge on any atom is 0.0950 e. The van der Waals surface area contributed by atoms with Crippen molar-refractivity contribution in [2.24, 2.45) is 0 Å². The maximum atomic E-state index is 8.84. The molecule has 0 saturated heterocycles. The fraction of sp³-hybridized carbons (Fsp3) is 0.286. The van der Waals surface area contributed by atoms with Crippen LogP contribution in [0.5, 0.6) is 0 Å². The van der Waals surface area contributed by atoms with Gasteiger partial charge in [0.2, 0.25) is 0 Å². The lowest BCUT2D eigenvalue weighted by molar-refractivity contribution is 0.291. The summed E-state index contributed by atoms with van der Waals surface area (Å²) in [5, 5.41) is 9.99. The van der Waals surface area contributed by atoms with Crippen LogP contribution in [-0.4, -0.2) is 23.0 Å². The molecule has 0 aliphatic heterocycles. The minimum absolute atomic E-state index is 0.0942. The molecule has 1 unspecified atom stereocenters. The molecule has 0 spiro atoms. The second kappa shape index (κ2) is 4.94. The van der Waals surface area contributed by atoms with Gasteiger partial charge in [0.15, 0.2) is 0 Å². The highest BCUT2D eigenvalue weighted by molar-refractivity contribution is 5.78. The molecular formula is C14H15N3. The van der Waals surface area contributed by atoms with Crippen LogP contribution in [0.3, 0.4) is 0 Å². The molecule has 0 aliphatic rings. The summed E-state index contributed by atoms with van der Waals surface area (Å²) >= 11 is 0. The molecule has 1 aromatic heterocycles. The summed E-state index contributed by atoms with van der Waals surface area (Å²) in [7, 11) is 1.94. The minimum atomic E-state index is -0.0942. The molecule has 1 aromatic carbocycles. The molecule has 0 amide bonds. The Balaban J connectivity index is 2.23. The van der Waals surface area contributed by atoms with E-state index in [-0.39, 0.29) is 6.04 Å². The van der Waals surface area contributed by atoms with Crippen LogP contribution < -0.4 is 0 Å². The summed E-state index contributed by atoms with van der Waals surface area (Å²) in [6, 6.07) is 14.3. The van der Waals surface area contributed by atoms with Gasteiger partial charge in [0, 0.05) is 11.9 Å². The Morgan fingerprint density at radius 2 is 2.06 bits per heavy atom. The lowest BCUT2D eigenvalue weighted by Gasteiger charge is -2.18. The first-order valence-electron chi connectivity index (χ1n) is 5.65. The van der Waals surface area contributed by atoms with Crippen LogP contribution in [-0.2, 0) is 6.54 Å². The maximum absolute atomic E-state index is 8.84. The van der Waals surface area contributed by atoms with E-state index in [1.54, 1.807) is 0 Å². The summed E-state index contributed by atoms with van der Waals surface area (Å²) in [6.07, 6.45) is 0. The van der Waals surface area contributed by atoms with Gasteiger partial charge in [-0.1, -0.05) is 24.3 Å². The van der Waals surface area contributed by atoms with E-state index in [4.69, 9.17) is 5.26 Å². The number of hydrogen-bond acceptors (Lipinski definition) is 3. The third-order valence-corrected chi connectivity index (χ3v) is 2.92. The molecule has 1 atom stereocenters. The van der Waals surface area contributed by atoms with Gasteiger partial charge in [-0.3, -0.25) is 9.88 Å². The summed E-state index contributed by atoms with van der Waals surface area (Å²) in [4.78, 5) is 6.56. The zero-order chi connectivity index (χ0) is 12.3. The molecule has 1 heterocycles. The van der Waals surface area contributed by atoms with Crippen molar-refractivity contribution in [3.05, 3.63) is 42.1 Å². The fourth-order valence-corrected chi connectivity index (χ4v) is 1.69. The van der Waals surface area contributed by atoms with Crippen molar-refractivity contribution < 1.29 is 0 Å². The number of rotatable bonds is 3. The molecule has 86 valence electrons. The van der Waals surface area contributed by atoms with Crippen molar-refractivity contribution in [2.45, 2.75) is 19.5 Å². The Kier molecular flexibility index (Phi) is 3.36. The molecule has 3 heteroatoms. The van der Waals surface area contributed by atoms with Gasteiger partial charge in [0.05, 0.1) is 23.3 Å². The fourth-order valence-electron chi connectivity index (χ4n) is 1.69. The first-order chi connectivity index (χ1) is 8.20. The van der Waals surface area contributed by atoms with Gasteiger partial charge < -0.3 is 0 Å². The number of nitriles is 1. The molecule has 0 N–H and O–H groups in total. The van der Waals surface area contributed by atoms with Gasteiger partial charge in [0.25, 0.3) is 0 Å². The average molecular weight is 225 g/mol. The van der Waals surface area contributed by atoms with Gasteiger partial charge in [0.1, 0.15) is 0 Å². The second-order valence-electron chi connectivity index (χ2n) is 4.22. The second-order valence-corrected chi connectivity index (χ2v) is 4.22. The van der Waals surface area contributed by atoms with Crippen LogP contribution in [0.1, 0.15) is 12.6 Å². The highest BCUT2D eigenvalue weighted by Gasteiger charge is 2.08. The predicted molar refractivity (Wildman–Crippen MR) is 68.3 cm³/mol. The number of pyridine rings is 1. The van der Waals surface area contributed by atoms with Crippen molar-refractivity contribution in [1.82, 2.24) is 9.88 Å². The number of benzene rings is 1. The van der Waals surface area contributed by atoms with Gasteiger partial charge in [-0.15, -0.1) is 0 Å². The lowest BCUT2D eigenvalue weighted by Crippen LogP contribution is -2.27. The average Bonchev–Trinajstić information content (AvgIpc) is 2.37. The Hall–Kier alpha value is -1.92. The van der Waals surface area contributed by atoms with Crippen LogP contribution in [0, 0.1) is 11.3 Å². The monoisotopic (exact) mass is 225 g/mol. The first-order valence-corrected chi connectivity index (χ1v) is 5.65. The Labute approximate surface area is 101 Å². The minimum Gasteiger partial charge on any atom is -0.285 e. The number of para-hydroxylation sites is 1. The molecule has 0 bridgehead atoms. The summed E-state index contributed by atoms with van der Waals surface area (Å²) in [5.41, 5.74) is 2.00. The first kappa shape index (κ1) is 11.6. The molecule has 0 radical (unpaired) electrons. The predicted octanol–water partition coefficient (Wildman–Crippen LogP) is 2.58. The van der Waals surface area contributed by atoms with Crippen LogP contribution >= 0.6 is 0 Å². The quantitative estimate of drug-likeness (QED) is 0.806. The smallest absolute Gasteiger partial charge is 0.0950 e. The van der Waals surface area contributed by atoms with Crippen LogP contribution in [0.25, 0.3) is 10.9 Å². The van der Waals surface area contributed by atoms with Gasteiger partial charge >= 0.3 is 0 Å². The Bertz CT molecular complexity index is 557. The number of aromatic nitrogens is 1. The van der Waals surface area contributed by atoms with Crippen molar-refractivity contribution in [1.29, 1.82) is 5.26 Å². The summed E-state index contributed by atoms with van der Waals surface area (Å²) in [5.74, 6) is 0. The standard InChI is InChI=1S/C14H15N3/c1-11(9-15)17(2)10-13-8-7-12-5-3-4-6-14(12)16-13/h3-8,11H,10H2,1-2H3. The molecule has 0 fully saturated rings. The summed E-state index contributed by atoms with van der Waals surface area (Å²) < 4.78 is 0. The molecular weight excluding hydrogens is 210 g/mol. The topological polar surface area (TPSA) is 39.9 Å². The third kappa shape index (κ3) is 2.61. The van der Waals surface area contributed by atoms with Crippen molar-refractivity contribution in [3.63, 3.8) is 0 Å². The van der Waals surface area contributed by atoms with Crippen molar-refractivity contribution in [2.75, 3.05) is 7.05 Å². The SMILES string of the molecule is CC(C#N)N(C)Cc1ccc2ccccc2n1. The number of nitrogens with zero attached hydrogens (tertiary/aromatic N) is 3. The largest absolute Gasteiger partial charge is 0.285 e. The number of hydrogen-bond donors (Lipinski definition) is 0. The van der Waals surface area contributed by atoms with Gasteiger partial charge in [-0.2, -0.15) is 5.26 Å². The molecule has 2 rings (SSSR count). The molecule has 3 nitrogen and oxygen atoms in total. The van der Waals surface area contributed by atoms with Gasteiger partial charge in [-0.25, -0.2) is 0 Å². The number of fused-ring (bicyclic) bond motifs is 1. The lowest BCUT2D eigenvalue weighted by atomic mass is 10.2. The normalized spacial score (nSPS) is 12.6. The third-order valence-electron chi connectivity index (χ3n) is 2.92. The van der Waals surface area contributed by atoms with Crippen molar-refractivity contribution in [3.8, 4) is 6.07 Å². The molecule has 0 saturated carbocycles. The van der Waals surface area contributed by atoms with Crippen LogP contribution in [0.15, 0.2) is 36.4 Å². The van der Waals surface area contributed by atoms with E-state index in [0.717, 1.165) is 16.6 Å². The molecule has 0 aliphatic carbocycles. The van der Waals surface area contributed by atoms with E-state index in [2.05, 4.69) is 17.1 Å². The highest BCUT2D eigenvalue weighted by atomic mass is 15.1. The zero-order valence-corrected chi connectivity index (χ0v) is 10.1. The van der Waals surface area contributed by atoms with E-state index in [1.807, 2.05) is 49.2 Å². The highest BCUT2D eigenvalue weighted by Crippen LogP contribution is 2.13. The van der Waals surface area contributed by atoms with E-state index in [1.165, 1.54) is 0 Å². The Morgan fingerprint density at radius 1 is 1.29 bits per heavy atom. The van der Waals surface area contributed by atoms with E-state index >= 15 is 0 Å². The Morgan fingerprint density at radius 3 is 2.82 bits per heavy atom. The summed E-state index contributed by atoms with van der Waals surface area (Å²) in [6.45, 7) is 2.58. The van der Waals surface area contributed by atoms with E-state index in [9.17, 15) is 0 Å². The van der Waals surface area contributed by atoms with Gasteiger partial charge in [-0.05, 0) is 26.1 Å². The van der Waals surface area contributed by atoms with Crippen molar-refractivity contribution >= 4 is 10.9 Å². The van der Waals surface area contributed by atoms with E-state index in [0.29, 0.717) is 6.54 Å². The molecule has 2 aromatic rings. The van der Waals surface area contributed by atoms with Crippen LogP contribution in [0.2, 0.25) is 0 Å².